The fraction of sp³-hybridized carbons (Fsp3) is 0.667. The van der Waals surface area contributed by atoms with Crippen molar-refractivity contribution in [3.8, 4) is 0 Å². The third kappa shape index (κ3) is 16.0. The Bertz CT molecular complexity index is 410. The molecule has 0 rings (SSSR count). The molecule has 0 bridgehead atoms. The number of hydrogen-bond donors (Lipinski definition) is 5. The van der Waals surface area contributed by atoms with Crippen LogP contribution in [0.15, 0.2) is 0 Å². The summed E-state index contributed by atoms with van der Waals surface area (Å²) in [5.41, 5.74) is 12.5. The number of ether oxygens (including phenoxy) is 2. The van der Waals surface area contributed by atoms with Crippen molar-refractivity contribution in [1.29, 1.82) is 10.8 Å². The van der Waals surface area contributed by atoms with Crippen molar-refractivity contribution in [2.75, 3.05) is 0 Å². The molecule has 0 atom stereocenters. The molecule has 0 spiro atoms. The van der Waals surface area contributed by atoms with Gasteiger partial charge in [0.15, 0.2) is 5.96 Å². The van der Waals surface area contributed by atoms with Crippen LogP contribution >= 0.6 is 12.4 Å². The van der Waals surface area contributed by atoms with Gasteiger partial charge in [-0.25, -0.2) is 9.59 Å². The van der Waals surface area contributed by atoms with E-state index in [2.05, 4.69) is 11.5 Å². The number of imide groups is 1. The Hall–Kier alpha value is -2.23. The summed E-state index contributed by atoms with van der Waals surface area (Å²) >= 11 is 0. The molecule has 0 aliphatic carbocycles. The first-order valence-corrected chi connectivity index (χ1v) is 6.26. The SMILES string of the molecule is CC(C)(C)OC(=O)N(C(=N)N)C(=O)OC(C)(C)C.Cl.N=C(N)N. The second-order valence-electron chi connectivity index (χ2n) is 6.14. The maximum atomic E-state index is 11.7. The Balaban J connectivity index is -0.000000712. The van der Waals surface area contributed by atoms with Crippen molar-refractivity contribution in [1.82, 2.24) is 4.90 Å². The molecule has 0 aromatic heterocycles. The van der Waals surface area contributed by atoms with Crippen LogP contribution in [0.2, 0.25) is 0 Å². The van der Waals surface area contributed by atoms with Crippen molar-refractivity contribution < 1.29 is 19.1 Å². The maximum Gasteiger partial charge on any atom is 0.426 e. The summed E-state index contributed by atoms with van der Waals surface area (Å²) in [7, 11) is 0. The number of nitrogens with two attached hydrogens (primary N) is 3. The highest BCUT2D eigenvalue weighted by Crippen LogP contribution is 2.13. The molecule has 11 heteroatoms. The molecule has 136 valence electrons. The van der Waals surface area contributed by atoms with E-state index in [4.69, 9.17) is 26.0 Å². The summed E-state index contributed by atoms with van der Waals surface area (Å²) in [6.07, 6.45) is -2.08. The van der Waals surface area contributed by atoms with Crippen LogP contribution < -0.4 is 17.2 Å². The minimum absolute atomic E-state index is 0. The van der Waals surface area contributed by atoms with Gasteiger partial charge in [-0.15, -0.1) is 17.3 Å². The molecule has 0 aromatic rings. The molecule has 0 heterocycles. The first-order valence-electron chi connectivity index (χ1n) is 6.26. The molecule has 0 unspecified atom stereocenters. The highest BCUT2D eigenvalue weighted by Gasteiger charge is 2.33. The molecule has 0 aromatic carbocycles. The number of nitrogens with one attached hydrogen (secondary N) is 2. The van der Waals surface area contributed by atoms with Crippen LogP contribution in [0.3, 0.4) is 0 Å². The van der Waals surface area contributed by atoms with Gasteiger partial charge in [0.05, 0.1) is 0 Å². The van der Waals surface area contributed by atoms with Crippen LogP contribution in [0, 0.1) is 10.8 Å². The average Bonchev–Trinajstić information content (AvgIpc) is 2.07. The van der Waals surface area contributed by atoms with Crippen LogP contribution in [0.25, 0.3) is 0 Å². The Kier molecular flexibility index (Phi) is 10.9. The summed E-state index contributed by atoms with van der Waals surface area (Å²) in [4.78, 5) is 23.8. The highest BCUT2D eigenvalue weighted by atomic mass is 35.5. The number of nitrogens with zero attached hydrogens (tertiary/aromatic N) is 1. The number of halogens is 1. The standard InChI is InChI=1S/C11H21N3O4.CH5N3.ClH/c1-10(2,3)17-8(15)14(7(12)13)9(16)18-11(4,5)6;2-1(3)4;/h1-6H3,(H3,12,13);(H5,2,3,4);1H. The first kappa shape index (κ1) is 25.7. The number of carbonyl (C=O) groups excluding carboxylic acids is 2. The summed E-state index contributed by atoms with van der Waals surface area (Å²) < 4.78 is 9.92. The van der Waals surface area contributed by atoms with E-state index in [-0.39, 0.29) is 18.4 Å². The van der Waals surface area contributed by atoms with Gasteiger partial charge in [-0.1, -0.05) is 0 Å². The molecule has 0 saturated heterocycles. The van der Waals surface area contributed by atoms with Crippen molar-refractivity contribution in [3.05, 3.63) is 0 Å². The molecule has 0 aliphatic rings. The van der Waals surface area contributed by atoms with E-state index in [1.807, 2.05) is 0 Å². The molecular weight excluding hydrogens is 328 g/mol. The van der Waals surface area contributed by atoms with Gasteiger partial charge in [0.25, 0.3) is 0 Å². The number of hydrogen-bond acceptors (Lipinski definition) is 6. The Morgan fingerprint density at radius 1 is 0.826 bits per heavy atom. The zero-order valence-corrected chi connectivity index (χ0v) is 15.0. The molecule has 23 heavy (non-hydrogen) atoms. The van der Waals surface area contributed by atoms with Crippen molar-refractivity contribution in [3.63, 3.8) is 0 Å². The van der Waals surface area contributed by atoms with Gasteiger partial charge in [-0.2, -0.15) is 0 Å². The lowest BCUT2D eigenvalue weighted by molar-refractivity contribution is 0.0144. The topological polar surface area (TPSA) is 182 Å². The molecule has 10 nitrogen and oxygen atoms in total. The molecule has 8 N–H and O–H groups in total. The lowest BCUT2D eigenvalue weighted by Gasteiger charge is -2.27. The van der Waals surface area contributed by atoms with E-state index in [9.17, 15) is 9.59 Å². The predicted molar refractivity (Wildman–Crippen MR) is 89.6 cm³/mol. The fourth-order valence-corrected chi connectivity index (χ4v) is 0.886. The molecule has 0 saturated carbocycles. The molecule has 0 fully saturated rings. The Labute approximate surface area is 142 Å². The van der Waals surface area contributed by atoms with E-state index >= 15 is 0 Å². The second kappa shape index (κ2) is 9.72. The van der Waals surface area contributed by atoms with Gasteiger partial charge in [0.1, 0.15) is 11.2 Å². The fourth-order valence-electron chi connectivity index (χ4n) is 0.886. The maximum absolute atomic E-state index is 11.7. The monoisotopic (exact) mass is 354 g/mol. The predicted octanol–water partition coefficient (Wildman–Crippen LogP) is 1.31. The van der Waals surface area contributed by atoms with Crippen LogP contribution in [0.1, 0.15) is 41.5 Å². The molecule has 2 amide bonds. The first-order chi connectivity index (χ1) is 9.57. The summed E-state index contributed by atoms with van der Waals surface area (Å²) in [5, 5.41) is 13.3. The second-order valence-corrected chi connectivity index (χ2v) is 6.14. The van der Waals surface area contributed by atoms with E-state index in [1.165, 1.54) is 0 Å². The lowest BCUT2D eigenvalue weighted by Crippen LogP contribution is -2.49. The van der Waals surface area contributed by atoms with Crippen molar-refractivity contribution in [2.24, 2.45) is 17.2 Å². The average molecular weight is 355 g/mol. The molecule has 0 radical (unpaired) electrons. The third-order valence-corrected chi connectivity index (χ3v) is 1.39. The van der Waals surface area contributed by atoms with E-state index < -0.39 is 29.3 Å². The summed E-state index contributed by atoms with van der Waals surface area (Å²) in [6, 6.07) is 0. The quantitative estimate of drug-likeness (QED) is 0.321. The van der Waals surface area contributed by atoms with Gasteiger partial charge in [-0.3, -0.25) is 10.8 Å². The van der Waals surface area contributed by atoms with Crippen molar-refractivity contribution in [2.45, 2.75) is 52.7 Å². The number of rotatable bonds is 0. The lowest BCUT2D eigenvalue weighted by atomic mass is 10.2. The summed E-state index contributed by atoms with van der Waals surface area (Å²) in [5.74, 6) is -1.08. The Morgan fingerprint density at radius 2 is 1.04 bits per heavy atom. The Morgan fingerprint density at radius 3 is 1.17 bits per heavy atom. The van der Waals surface area contributed by atoms with Crippen LogP contribution in [0.4, 0.5) is 9.59 Å². The van der Waals surface area contributed by atoms with Gasteiger partial charge >= 0.3 is 12.2 Å². The third-order valence-electron chi connectivity index (χ3n) is 1.39. The van der Waals surface area contributed by atoms with Crippen molar-refractivity contribution >= 4 is 36.5 Å². The van der Waals surface area contributed by atoms with Gasteiger partial charge in [0, 0.05) is 0 Å². The van der Waals surface area contributed by atoms with Crippen LogP contribution in [0.5, 0.6) is 0 Å². The van der Waals surface area contributed by atoms with Crippen LogP contribution in [-0.4, -0.2) is 40.2 Å². The largest absolute Gasteiger partial charge is 0.443 e. The van der Waals surface area contributed by atoms with E-state index in [0.29, 0.717) is 4.90 Å². The van der Waals surface area contributed by atoms with E-state index in [1.54, 1.807) is 41.5 Å². The minimum Gasteiger partial charge on any atom is -0.443 e. The molecule has 0 aliphatic heterocycles. The van der Waals surface area contributed by atoms with Gasteiger partial charge < -0.3 is 26.7 Å². The highest BCUT2D eigenvalue weighted by molar-refractivity contribution is 6.06. The van der Waals surface area contributed by atoms with Gasteiger partial charge in [-0.05, 0) is 41.5 Å². The summed E-state index contributed by atoms with van der Waals surface area (Å²) in [6.45, 7) is 9.82. The van der Waals surface area contributed by atoms with Gasteiger partial charge in [0.2, 0.25) is 5.96 Å². The number of amides is 2. The van der Waals surface area contributed by atoms with E-state index in [0.717, 1.165) is 0 Å². The smallest absolute Gasteiger partial charge is 0.426 e. The minimum atomic E-state index is -1.04. The molecular formula is C12H27ClN6O4. The normalized spacial score (nSPS) is 10.2. The zero-order chi connectivity index (χ0) is 18.3. The number of carbonyl (C=O) groups is 2. The number of guanidine groups is 2. The van der Waals surface area contributed by atoms with Crippen LogP contribution in [-0.2, 0) is 9.47 Å². The zero-order valence-electron chi connectivity index (χ0n) is 14.2.